The second-order valence-corrected chi connectivity index (χ2v) is 14.4. The number of benzene rings is 9. The van der Waals surface area contributed by atoms with Crippen LogP contribution in [-0.4, -0.2) is 0 Å². The van der Waals surface area contributed by atoms with Crippen LogP contribution in [0.1, 0.15) is 22.3 Å². The fourth-order valence-electron chi connectivity index (χ4n) is 9.38. The molecule has 0 N–H and O–H groups in total. The molecular weight excluding hydrogens is 651 g/mol. The first kappa shape index (κ1) is 30.6. The Labute approximate surface area is 316 Å². The molecule has 252 valence electrons. The van der Waals surface area contributed by atoms with Crippen molar-refractivity contribution in [3.8, 4) is 44.5 Å². The van der Waals surface area contributed by atoms with E-state index < -0.39 is 0 Å². The van der Waals surface area contributed by atoms with Crippen molar-refractivity contribution in [1.29, 1.82) is 0 Å². The Morgan fingerprint density at radius 1 is 0.278 bits per heavy atom. The van der Waals surface area contributed by atoms with E-state index in [2.05, 4.69) is 217 Å². The van der Waals surface area contributed by atoms with Gasteiger partial charge in [-0.25, -0.2) is 0 Å². The summed E-state index contributed by atoms with van der Waals surface area (Å²) in [5.74, 6) is 0. The summed E-state index contributed by atoms with van der Waals surface area (Å²) >= 11 is 0. The van der Waals surface area contributed by atoms with Crippen LogP contribution in [0.4, 0.5) is 17.1 Å². The molecule has 11 rings (SSSR count). The van der Waals surface area contributed by atoms with Gasteiger partial charge < -0.3 is 4.90 Å². The lowest BCUT2D eigenvalue weighted by molar-refractivity contribution is 0.794. The van der Waals surface area contributed by atoms with Gasteiger partial charge in [-0.1, -0.05) is 170 Å². The summed E-state index contributed by atoms with van der Waals surface area (Å²) in [7, 11) is 0. The Morgan fingerprint density at radius 3 is 1.44 bits per heavy atom. The standard InChI is InChI=1S/C53H35N/c1-3-14-37(15-4-1)43-22-13-16-38-26-27-39(34-47(38)43)36-28-30-41(31-29-36)54(40-17-5-2-6-18-40)42-32-33-52-48(35-42)46-21-9-12-25-51(46)53(52)49-23-10-7-19-44(49)45-20-8-11-24-50(45)53/h1-35H. The summed E-state index contributed by atoms with van der Waals surface area (Å²) in [6.45, 7) is 0. The molecule has 9 aromatic rings. The third-order valence-electron chi connectivity index (χ3n) is 11.7. The summed E-state index contributed by atoms with van der Waals surface area (Å²) in [4.78, 5) is 2.39. The van der Waals surface area contributed by atoms with Gasteiger partial charge in [-0.3, -0.25) is 0 Å². The Morgan fingerprint density at radius 2 is 0.778 bits per heavy atom. The molecule has 0 unspecified atom stereocenters. The first-order valence-corrected chi connectivity index (χ1v) is 18.8. The molecule has 0 aromatic heterocycles. The lowest BCUT2D eigenvalue weighted by Crippen LogP contribution is -2.25. The zero-order chi connectivity index (χ0) is 35.6. The van der Waals surface area contributed by atoms with E-state index in [0.717, 1.165) is 17.1 Å². The zero-order valence-corrected chi connectivity index (χ0v) is 29.7. The summed E-state index contributed by atoms with van der Waals surface area (Å²) in [5, 5.41) is 2.51. The van der Waals surface area contributed by atoms with Gasteiger partial charge in [-0.05, 0) is 120 Å². The molecule has 54 heavy (non-hydrogen) atoms. The van der Waals surface area contributed by atoms with E-state index in [1.54, 1.807) is 0 Å². The third-order valence-corrected chi connectivity index (χ3v) is 11.7. The molecule has 0 heterocycles. The highest BCUT2D eigenvalue weighted by atomic mass is 15.1. The number of rotatable bonds is 5. The lowest BCUT2D eigenvalue weighted by atomic mass is 9.70. The molecule has 2 aliphatic carbocycles. The van der Waals surface area contributed by atoms with E-state index in [1.807, 2.05) is 0 Å². The van der Waals surface area contributed by atoms with Crippen LogP contribution in [0.5, 0.6) is 0 Å². The van der Waals surface area contributed by atoms with Gasteiger partial charge in [0.25, 0.3) is 0 Å². The molecule has 2 aliphatic rings. The maximum atomic E-state index is 2.42. The van der Waals surface area contributed by atoms with Crippen molar-refractivity contribution in [2.45, 2.75) is 5.41 Å². The van der Waals surface area contributed by atoms with Crippen molar-refractivity contribution in [1.82, 2.24) is 0 Å². The molecule has 1 nitrogen and oxygen atoms in total. The highest BCUT2D eigenvalue weighted by Crippen LogP contribution is 2.63. The van der Waals surface area contributed by atoms with E-state index in [-0.39, 0.29) is 5.41 Å². The number of para-hydroxylation sites is 1. The predicted octanol–water partition coefficient (Wildman–Crippen LogP) is 14.0. The van der Waals surface area contributed by atoms with Gasteiger partial charge in [0.05, 0.1) is 5.41 Å². The third kappa shape index (κ3) is 4.45. The van der Waals surface area contributed by atoms with Gasteiger partial charge in [-0.2, -0.15) is 0 Å². The zero-order valence-electron chi connectivity index (χ0n) is 29.7. The van der Waals surface area contributed by atoms with Gasteiger partial charge in [0.1, 0.15) is 0 Å². The predicted molar refractivity (Wildman–Crippen MR) is 226 cm³/mol. The van der Waals surface area contributed by atoms with Crippen LogP contribution in [0.2, 0.25) is 0 Å². The van der Waals surface area contributed by atoms with Gasteiger partial charge in [0.2, 0.25) is 0 Å². The van der Waals surface area contributed by atoms with Crippen LogP contribution in [0.3, 0.4) is 0 Å². The van der Waals surface area contributed by atoms with Crippen molar-refractivity contribution >= 4 is 27.8 Å². The van der Waals surface area contributed by atoms with Crippen LogP contribution in [0.15, 0.2) is 212 Å². The van der Waals surface area contributed by atoms with Gasteiger partial charge in [0.15, 0.2) is 0 Å². The molecule has 0 aliphatic heterocycles. The minimum atomic E-state index is -0.350. The monoisotopic (exact) mass is 685 g/mol. The maximum absolute atomic E-state index is 2.42. The SMILES string of the molecule is c1ccc(-c2cccc3ccc(-c4ccc(N(c5ccccc5)c5ccc6c(c5)-c5ccccc5C65c6ccccc6-c6ccccc65)cc4)cc23)cc1. The van der Waals surface area contributed by atoms with Crippen molar-refractivity contribution in [2.75, 3.05) is 4.90 Å². The molecule has 1 heteroatoms. The van der Waals surface area contributed by atoms with Gasteiger partial charge in [-0.15, -0.1) is 0 Å². The number of hydrogen-bond donors (Lipinski definition) is 0. The fourth-order valence-corrected chi connectivity index (χ4v) is 9.38. The van der Waals surface area contributed by atoms with Crippen LogP contribution >= 0.6 is 0 Å². The van der Waals surface area contributed by atoms with Gasteiger partial charge in [0, 0.05) is 17.1 Å². The van der Waals surface area contributed by atoms with Gasteiger partial charge >= 0.3 is 0 Å². The van der Waals surface area contributed by atoms with Crippen LogP contribution in [0, 0.1) is 0 Å². The number of hydrogen-bond acceptors (Lipinski definition) is 1. The Kier molecular flexibility index (Phi) is 6.84. The van der Waals surface area contributed by atoms with E-state index >= 15 is 0 Å². The molecule has 0 saturated heterocycles. The summed E-state index contributed by atoms with van der Waals surface area (Å²) < 4.78 is 0. The molecular formula is C53H35N. The molecule has 0 radical (unpaired) electrons. The Hall–Kier alpha value is -6.96. The molecule has 0 amide bonds. The normalized spacial score (nSPS) is 13.0. The number of anilines is 3. The molecule has 0 saturated carbocycles. The minimum absolute atomic E-state index is 0.350. The topological polar surface area (TPSA) is 3.24 Å². The second-order valence-electron chi connectivity index (χ2n) is 14.4. The van der Waals surface area contributed by atoms with Crippen molar-refractivity contribution < 1.29 is 0 Å². The number of fused-ring (bicyclic) bond motifs is 11. The van der Waals surface area contributed by atoms with Crippen molar-refractivity contribution in [3.05, 3.63) is 235 Å². The lowest BCUT2D eigenvalue weighted by Gasteiger charge is -2.31. The largest absolute Gasteiger partial charge is 0.310 e. The molecule has 0 fully saturated rings. The maximum Gasteiger partial charge on any atom is 0.0725 e. The molecule has 9 aromatic carbocycles. The first-order chi connectivity index (χ1) is 26.8. The first-order valence-electron chi connectivity index (χ1n) is 18.8. The van der Waals surface area contributed by atoms with Crippen LogP contribution < -0.4 is 4.90 Å². The molecule has 0 bridgehead atoms. The average molecular weight is 686 g/mol. The van der Waals surface area contributed by atoms with Crippen LogP contribution in [0.25, 0.3) is 55.3 Å². The summed E-state index contributed by atoms with van der Waals surface area (Å²) in [6, 6.07) is 78.1. The molecule has 0 atom stereocenters. The van der Waals surface area contributed by atoms with Crippen molar-refractivity contribution in [2.24, 2.45) is 0 Å². The van der Waals surface area contributed by atoms with E-state index in [1.165, 1.54) is 77.5 Å². The smallest absolute Gasteiger partial charge is 0.0725 e. The molecule has 1 spiro atoms. The Bertz CT molecular complexity index is 2820. The van der Waals surface area contributed by atoms with E-state index in [4.69, 9.17) is 0 Å². The number of nitrogens with zero attached hydrogens (tertiary/aromatic N) is 1. The van der Waals surface area contributed by atoms with E-state index in [9.17, 15) is 0 Å². The average Bonchev–Trinajstić information content (AvgIpc) is 3.71. The second kappa shape index (κ2) is 12.0. The minimum Gasteiger partial charge on any atom is -0.310 e. The Balaban J connectivity index is 1.04. The highest BCUT2D eigenvalue weighted by Gasteiger charge is 2.51. The van der Waals surface area contributed by atoms with Crippen LogP contribution in [-0.2, 0) is 5.41 Å². The fraction of sp³-hybridized carbons (Fsp3) is 0.0189. The summed E-state index contributed by atoms with van der Waals surface area (Å²) in [6.07, 6.45) is 0. The quantitative estimate of drug-likeness (QED) is 0.174. The summed E-state index contributed by atoms with van der Waals surface area (Å²) in [5.41, 5.74) is 18.6. The highest BCUT2D eigenvalue weighted by molar-refractivity contribution is 6.00. The van der Waals surface area contributed by atoms with E-state index in [0.29, 0.717) is 0 Å². The van der Waals surface area contributed by atoms with Crippen molar-refractivity contribution in [3.63, 3.8) is 0 Å².